The summed E-state index contributed by atoms with van der Waals surface area (Å²) in [4.78, 5) is 0. The van der Waals surface area contributed by atoms with Crippen LogP contribution in [0.5, 0.6) is 0 Å². The molecule has 22 heavy (non-hydrogen) atoms. The van der Waals surface area contributed by atoms with Gasteiger partial charge in [0.15, 0.2) is 0 Å². The SMILES string of the molecule is Clc1ccc(COCc2ccc(-c3ccccc3)cc2)cc1. The van der Waals surface area contributed by atoms with Crippen molar-refractivity contribution in [2.75, 3.05) is 0 Å². The lowest BCUT2D eigenvalue weighted by atomic mass is 10.0. The van der Waals surface area contributed by atoms with Crippen LogP contribution in [0.3, 0.4) is 0 Å². The van der Waals surface area contributed by atoms with Gasteiger partial charge in [0.1, 0.15) is 0 Å². The van der Waals surface area contributed by atoms with Crippen LogP contribution in [-0.2, 0) is 18.0 Å². The van der Waals surface area contributed by atoms with Crippen LogP contribution < -0.4 is 0 Å². The van der Waals surface area contributed by atoms with Gasteiger partial charge in [-0.15, -0.1) is 0 Å². The second kappa shape index (κ2) is 7.26. The number of rotatable bonds is 5. The molecule has 0 atom stereocenters. The van der Waals surface area contributed by atoms with Gasteiger partial charge in [0.25, 0.3) is 0 Å². The van der Waals surface area contributed by atoms with Crippen LogP contribution in [0.4, 0.5) is 0 Å². The van der Waals surface area contributed by atoms with Gasteiger partial charge in [-0.05, 0) is 34.4 Å². The first-order chi connectivity index (χ1) is 10.8. The van der Waals surface area contributed by atoms with Crippen molar-refractivity contribution in [3.05, 3.63) is 95.0 Å². The zero-order chi connectivity index (χ0) is 15.2. The van der Waals surface area contributed by atoms with Gasteiger partial charge in [-0.1, -0.05) is 78.3 Å². The van der Waals surface area contributed by atoms with Crippen LogP contribution in [0.25, 0.3) is 11.1 Å². The molecule has 110 valence electrons. The average Bonchev–Trinajstić information content (AvgIpc) is 2.58. The maximum Gasteiger partial charge on any atom is 0.0721 e. The molecule has 0 amide bonds. The van der Waals surface area contributed by atoms with Crippen LogP contribution in [0.2, 0.25) is 5.02 Å². The summed E-state index contributed by atoms with van der Waals surface area (Å²) in [7, 11) is 0. The van der Waals surface area contributed by atoms with Crippen molar-refractivity contribution in [2.24, 2.45) is 0 Å². The zero-order valence-corrected chi connectivity index (χ0v) is 13.0. The van der Waals surface area contributed by atoms with E-state index >= 15 is 0 Å². The molecule has 0 saturated heterocycles. The Hall–Kier alpha value is -2.09. The summed E-state index contributed by atoms with van der Waals surface area (Å²) >= 11 is 5.87. The van der Waals surface area contributed by atoms with Crippen LogP contribution in [-0.4, -0.2) is 0 Å². The monoisotopic (exact) mass is 308 g/mol. The largest absolute Gasteiger partial charge is 0.372 e. The molecule has 0 aliphatic rings. The number of ether oxygens (including phenoxy) is 1. The fourth-order valence-electron chi connectivity index (χ4n) is 2.29. The van der Waals surface area contributed by atoms with Crippen molar-refractivity contribution in [2.45, 2.75) is 13.2 Å². The van der Waals surface area contributed by atoms with Crippen molar-refractivity contribution >= 4 is 11.6 Å². The normalized spacial score (nSPS) is 10.6. The molecule has 2 heteroatoms. The minimum absolute atomic E-state index is 0.595. The van der Waals surface area contributed by atoms with Crippen LogP contribution >= 0.6 is 11.6 Å². The Balaban J connectivity index is 1.56. The zero-order valence-electron chi connectivity index (χ0n) is 12.2. The number of halogens is 1. The van der Waals surface area contributed by atoms with E-state index in [1.807, 2.05) is 30.3 Å². The Morgan fingerprint density at radius 1 is 0.591 bits per heavy atom. The lowest BCUT2D eigenvalue weighted by Gasteiger charge is -2.06. The number of benzene rings is 3. The molecular formula is C20H17ClO. The summed E-state index contributed by atoms with van der Waals surface area (Å²) < 4.78 is 5.75. The van der Waals surface area contributed by atoms with Crippen LogP contribution in [0.15, 0.2) is 78.9 Å². The summed E-state index contributed by atoms with van der Waals surface area (Å²) in [6, 6.07) is 26.6. The van der Waals surface area contributed by atoms with Crippen LogP contribution in [0, 0.1) is 0 Å². The third kappa shape index (κ3) is 3.97. The highest BCUT2D eigenvalue weighted by atomic mass is 35.5. The second-order valence-electron chi connectivity index (χ2n) is 5.18. The quantitative estimate of drug-likeness (QED) is 0.585. The molecule has 0 aromatic heterocycles. The Labute approximate surface area is 136 Å². The topological polar surface area (TPSA) is 9.23 Å². The van der Waals surface area contributed by atoms with Crippen molar-refractivity contribution in [3.8, 4) is 11.1 Å². The van der Waals surface area contributed by atoms with E-state index in [0.717, 1.165) is 10.6 Å². The fraction of sp³-hybridized carbons (Fsp3) is 0.100. The molecule has 3 aromatic carbocycles. The molecule has 0 aliphatic carbocycles. The summed E-state index contributed by atoms with van der Waals surface area (Å²) in [5.74, 6) is 0. The summed E-state index contributed by atoms with van der Waals surface area (Å²) in [5, 5.41) is 0.750. The molecule has 0 aliphatic heterocycles. The first-order valence-electron chi connectivity index (χ1n) is 7.28. The molecule has 0 bridgehead atoms. The Morgan fingerprint density at radius 3 is 1.68 bits per heavy atom. The molecular weight excluding hydrogens is 292 g/mol. The van der Waals surface area contributed by atoms with Gasteiger partial charge in [-0.3, -0.25) is 0 Å². The maximum absolute atomic E-state index is 5.87. The van der Waals surface area contributed by atoms with Crippen molar-refractivity contribution in [1.29, 1.82) is 0 Å². The van der Waals surface area contributed by atoms with E-state index in [0.29, 0.717) is 13.2 Å². The van der Waals surface area contributed by atoms with E-state index in [9.17, 15) is 0 Å². The lowest BCUT2D eigenvalue weighted by molar-refractivity contribution is 0.107. The molecule has 0 spiro atoms. The smallest absolute Gasteiger partial charge is 0.0721 e. The van der Waals surface area contributed by atoms with Gasteiger partial charge < -0.3 is 4.74 Å². The number of hydrogen-bond acceptors (Lipinski definition) is 1. The van der Waals surface area contributed by atoms with E-state index in [1.165, 1.54) is 16.7 Å². The number of hydrogen-bond donors (Lipinski definition) is 0. The van der Waals surface area contributed by atoms with Gasteiger partial charge in [0, 0.05) is 5.02 Å². The van der Waals surface area contributed by atoms with Crippen molar-refractivity contribution < 1.29 is 4.74 Å². The van der Waals surface area contributed by atoms with E-state index in [4.69, 9.17) is 16.3 Å². The van der Waals surface area contributed by atoms with E-state index in [2.05, 4.69) is 48.5 Å². The highest BCUT2D eigenvalue weighted by molar-refractivity contribution is 6.30. The third-order valence-electron chi connectivity index (χ3n) is 3.51. The van der Waals surface area contributed by atoms with E-state index < -0.39 is 0 Å². The van der Waals surface area contributed by atoms with Gasteiger partial charge >= 0.3 is 0 Å². The molecule has 1 nitrogen and oxygen atoms in total. The predicted octanol–water partition coefficient (Wildman–Crippen LogP) is 5.72. The Bertz CT molecular complexity index is 703. The maximum atomic E-state index is 5.87. The van der Waals surface area contributed by atoms with E-state index in [-0.39, 0.29) is 0 Å². The first kappa shape index (κ1) is 14.8. The Morgan fingerprint density at radius 2 is 1.09 bits per heavy atom. The first-order valence-corrected chi connectivity index (χ1v) is 7.65. The van der Waals surface area contributed by atoms with Crippen LogP contribution in [0.1, 0.15) is 11.1 Å². The summed E-state index contributed by atoms with van der Waals surface area (Å²) in [6.45, 7) is 1.20. The Kier molecular flexibility index (Phi) is 4.89. The second-order valence-corrected chi connectivity index (χ2v) is 5.62. The van der Waals surface area contributed by atoms with Gasteiger partial charge in [-0.25, -0.2) is 0 Å². The van der Waals surface area contributed by atoms with Crippen molar-refractivity contribution in [3.63, 3.8) is 0 Å². The summed E-state index contributed by atoms with van der Waals surface area (Å²) in [5.41, 5.74) is 4.76. The van der Waals surface area contributed by atoms with Gasteiger partial charge in [-0.2, -0.15) is 0 Å². The van der Waals surface area contributed by atoms with Crippen molar-refractivity contribution in [1.82, 2.24) is 0 Å². The summed E-state index contributed by atoms with van der Waals surface area (Å²) in [6.07, 6.45) is 0. The minimum atomic E-state index is 0.595. The molecule has 0 radical (unpaired) electrons. The van der Waals surface area contributed by atoms with E-state index in [1.54, 1.807) is 0 Å². The lowest BCUT2D eigenvalue weighted by Crippen LogP contribution is -1.94. The standard InChI is InChI=1S/C20H17ClO/c21-20-12-8-17(9-13-20)15-22-14-16-6-10-19(11-7-16)18-4-2-1-3-5-18/h1-13H,14-15H2. The molecule has 0 N–H and O–H groups in total. The predicted molar refractivity (Wildman–Crippen MR) is 91.8 cm³/mol. The highest BCUT2D eigenvalue weighted by Gasteiger charge is 1.99. The highest BCUT2D eigenvalue weighted by Crippen LogP contribution is 2.19. The fourth-order valence-corrected chi connectivity index (χ4v) is 2.42. The molecule has 3 aromatic rings. The van der Waals surface area contributed by atoms with Gasteiger partial charge in [0.05, 0.1) is 13.2 Å². The third-order valence-corrected chi connectivity index (χ3v) is 3.76. The average molecular weight is 309 g/mol. The minimum Gasteiger partial charge on any atom is -0.372 e. The molecule has 0 unspecified atom stereocenters. The molecule has 0 heterocycles. The molecule has 0 fully saturated rings. The molecule has 3 rings (SSSR count). The van der Waals surface area contributed by atoms with Gasteiger partial charge in [0.2, 0.25) is 0 Å². The molecule has 0 saturated carbocycles.